The average molecular weight is 520 g/mol. The number of hydrogen-bond donors (Lipinski definition) is 2. The monoisotopic (exact) mass is 520 g/mol. The fourth-order valence-corrected chi connectivity index (χ4v) is 2.65. The fraction of sp³-hybridized carbons (Fsp3) is 0.600. The number of benzene rings is 1. The van der Waals surface area contributed by atoms with E-state index < -0.39 is 5.60 Å². The Kier molecular flexibility index (Phi) is 9.81. The van der Waals surface area contributed by atoms with E-state index in [1.165, 1.54) is 0 Å². The van der Waals surface area contributed by atoms with E-state index in [1.54, 1.807) is 19.1 Å². The van der Waals surface area contributed by atoms with E-state index in [9.17, 15) is 4.79 Å². The lowest BCUT2D eigenvalue weighted by molar-refractivity contribution is 0.0238. The number of nitrogens with two attached hydrogens (primary N) is 1. The molecule has 0 atom stereocenters. The molecule has 0 radical (unpaired) electrons. The molecule has 0 bridgehead atoms. The van der Waals surface area contributed by atoms with Crippen LogP contribution in [0.4, 0.5) is 4.79 Å². The fourth-order valence-electron chi connectivity index (χ4n) is 2.65. The van der Waals surface area contributed by atoms with Gasteiger partial charge in [0.2, 0.25) is 0 Å². The van der Waals surface area contributed by atoms with Crippen LogP contribution in [0.25, 0.3) is 0 Å². The standard InChI is InChI=1S/C20H32N4O4.HI/c1-20(2,3)28-19(25)24(15-7-8-15)11-10-22-18(21)23-13-14-6-9-16(26-4)17(12-14)27-5;/h6,9,12,15H,7-8,10-11,13H2,1-5H3,(H3,21,22,23);1H. The normalized spacial score (nSPS) is 13.9. The molecule has 1 saturated carbocycles. The topological polar surface area (TPSA) is 98.4 Å². The number of ether oxygens (including phenoxy) is 3. The van der Waals surface area contributed by atoms with E-state index >= 15 is 0 Å². The second-order valence-electron chi connectivity index (χ2n) is 7.72. The molecule has 164 valence electrons. The quantitative estimate of drug-likeness (QED) is 0.311. The van der Waals surface area contributed by atoms with Crippen molar-refractivity contribution in [2.24, 2.45) is 10.7 Å². The number of guanidine groups is 1. The van der Waals surface area contributed by atoms with Gasteiger partial charge in [-0.1, -0.05) is 6.07 Å². The Morgan fingerprint density at radius 3 is 2.45 bits per heavy atom. The molecule has 0 heterocycles. The zero-order valence-electron chi connectivity index (χ0n) is 17.9. The molecule has 1 aliphatic rings. The van der Waals surface area contributed by atoms with Crippen LogP contribution in [0.15, 0.2) is 23.2 Å². The van der Waals surface area contributed by atoms with Gasteiger partial charge in [-0.2, -0.15) is 0 Å². The van der Waals surface area contributed by atoms with Crippen LogP contribution in [0.5, 0.6) is 11.5 Å². The first-order valence-corrected chi connectivity index (χ1v) is 9.48. The Labute approximate surface area is 190 Å². The first kappa shape index (κ1) is 25.1. The molecule has 0 aromatic heterocycles. The Hall–Kier alpha value is -1.91. The molecule has 1 aromatic rings. The lowest BCUT2D eigenvalue weighted by Crippen LogP contribution is -2.44. The van der Waals surface area contributed by atoms with E-state index in [4.69, 9.17) is 19.9 Å². The molecule has 0 saturated heterocycles. The minimum atomic E-state index is -0.502. The summed E-state index contributed by atoms with van der Waals surface area (Å²) in [6.07, 6.45) is 1.75. The maximum Gasteiger partial charge on any atom is 0.410 e. The molecule has 1 amide bonds. The number of amides is 1. The number of nitrogens with one attached hydrogen (secondary N) is 1. The van der Waals surface area contributed by atoms with Crippen molar-refractivity contribution >= 4 is 36.0 Å². The van der Waals surface area contributed by atoms with Crippen LogP contribution in [0.2, 0.25) is 0 Å². The van der Waals surface area contributed by atoms with Gasteiger partial charge >= 0.3 is 6.09 Å². The summed E-state index contributed by atoms with van der Waals surface area (Å²) in [5, 5.41) is 3.06. The summed E-state index contributed by atoms with van der Waals surface area (Å²) in [6.45, 7) is 7.05. The van der Waals surface area contributed by atoms with Gasteiger partial charge in [0.1, 0.15) is 5.60 Å². The van der Waals surface area contributed by atoms with Gasteiger partial charge in [-0.25, -0.2) is 9.79 Å². The van der Waals surface area contributed by atoms with Gasteiger partial charge in [-0.3, -0.25) is 0 Å². The van der Waals surface area contributed by atoms with Crippen LogP contribution in [0.1, 0.15) is 39.2 Å². The number of methoxy groups -OCH3 is 2. The highest BCUT2D eigenvalue weighted by molar-refractivity contribution is 14.0. The van der Waals surface area contributed by atoms with Crippen molar-refractivity contribution in [2.45, 2.75) is 51.8 Å². The molecule has 3 N–H and O–H groups in total. The molecule has 1 fully saturated rings. The third-order valence-electron chi connectivity index (χ3n) is 4.15. The maximum absolute atomic E-state index is 12.3. The molecule has 2 rings (SSSR count). The van der Waals surface area contributed by atoms with Gasteiger partial charge in [-0.15, -0.1) is 24.0 Å². The predicted octanol–water partition coefficient (Wildman–Crippen LogP) is 3.13. The lowest BCUT2D eigenvalue weighted by atomic mass is 10.2. The molecule has 1 aromatic carbocycles. The number of aliphatic imine (C=N–C) groups is 1. The minimum Gasteiger partial charge on any atom is -0.493 e. The van der Waals surface area contributed by atoms with E-state index in [-0.39, 0.29) is 36.1 Å². The predicted molar refractivity (Wildman–Crippen MR) is 124 cm³/mol. The van der Waals surface area contributed by atoms with Crippen LogP contribution < -0.4 is 20.5 Å². The SMILES string of the molecule is COc1ccc(CN=C(N)NCCN(C(=O)OC(C)(C)C)C2CC2)cc1OC.I. The van der Waals surface area contributed by atoms with E-state index in [2.05, 4.69) is 10.3 Å². The lowest BCUT2D eigenvalue weighted by Gasteiger charge is -2.27. The summed E-state index contributed by atoms with van der Waals surface area (Å²) in [6, 6.07) is 5.88. The van der Waals surface area contributed by atoms with Crippen molar-refractivity contribution in [1.29, 1.82) is 0 Å². The molecule has 1 aliphatic carbocycles. The molecular weight excluding hydrogens is 487 g/mol. The Morgan fingerprint density at radius 2 is 1.90 bits per heavy atom. The highest BCUT2D eigenvalue weighted by atomic mass is 127. The summed E-state index contributed by atoms with van der Waals surface area (Å²) in [5.74, 6) is 1.65. The third-order valence-corrected chi connectivity index (χ3v) is 4.15. The van der Waals surface area contributed by atoms with Crippen molar-refractivity contribution in [3.05, 3.63) is 23.8 Å². The van der Waals surface area contributed by atoms with Crippen molar-refractivity contribution in [3.63, 3.8) is 0 Å². The average Bonchev–Trinajstić information content (AvgIpc) is 3.46. The van der Waals surface area contributed by atoms with Crippen LogP contribution in [0, 0.1) is 0 Å². The summed E-state index contributed by atoms with van der Waals surface area (Å²) in [5.41, 5.74) is 6.40. The Morgan fingerprint density at radius 1 is 1.24 bits per heavy atom. The smallest absolute Gasteiger partial charge is 0.410 e. The zero-order valence-corrected chi connectivity index (χ0v) is 20.2. The van der Waals surface area contributed by atoms with Crippen molar-refractivity contribution in [1.82, 2.24) is 10.2 Å². The maximum atomic E-state index is 12.3. The molecule has 0 aliphatic heterocycles. The largest absolute Gasteiger partial charge is 0.493 e. The van der Waals surface area contributed by atoms with E-state index in [0.29, 0.717) is 37.1 Å². The second-order valence-corrected chi connectivity index (χ2v) is 7.72. The molecule has 8 nitrogen and oxygen atoms in total. The summed E-state index contributed by atoms with van der Waals surface area (Å²) in [4.78, 5) is 18.4. The molecule has 0 spiro atoms. The van der Waals surface area contributed by atoms with Crippen LogP contribution in [0.3, 0.4) is 0 Å². The van der Waals surface area contributed by atoms with E-state index in [1.807, 2.05) is 39.0 Å². The third kappa shape index (κ3) is 8.55. The van der Waals surface area contributed by atoms with Gasteiger partial charge in [0, 0.05) is 19.1 Å². The molecule has 9 heteroatoms. The van der Waals surface area contributed by atoms with Gasteiger partial charge in [0.05, 0.1) is 20.8 Å². The number of hydrogen-bond acceptors (Lipinski definition) is 5. The molecule has 29 heavy (non-hydrogen) atoms. The highest BCUT2D eigenvalue weighted by Crippen LogP contribution is 2.28. The van der Waals surface area contributed by atoms with Crippen LogP contribution in [-0.2, 0) is 11.3 Å². The Bertz CT molecular complexity index is 702. The molecule has 0 unspecified atom stereocenters. The number of nitrogens with zero attached hydrogens (tertiary/aromatic N) is 2. The van der Waals surface area contributed by atoms with Crippen molar-refractivity contribution in [2.75, 3.05) is 27.3 Å². The van der Waals surface area contributed by atoms with Crippen molar-refractivity contribution < 1.29 is 19.0 Å². The zero-order chi connectivity index (χ0) is 20.7. The van der Waals surface area contributed by atoms with Crippen LogP contribution >= 0.6 is 24.0 Å². The number of rotatable bonds is 8. The first-order chi connectivity index (χ1) is 13.2. The van der Waals surface area contributed by atoms with Crippen molar-refractivity contribution in [3.8, 4) is 11.5 Å². The van der Waals surface area contributed by atoms with Gasteiger partial charge in [0.25, 0.3) is 0 Å². The first-order valence-electron chi connectivity index (χ1n) is 9.48. The summed E-state index contributed by atoms with van der Waals surface area (Å²) >= 11 is 0. The summed E-state index contributed by atoms with van der Waals surface area (Å²) < 4.78 is 16.0. The van der Waals surface area contributed by atoms with Gasteiger partial charge < -0.3 is 30.2 Å². The number of halogens is 1. The molecular formula is C20H33IN4O4. The highest BCUT2D eigenvalue weighted by Gasteiger charge is 2.34. The van der Waals surface area contributed by atoms with Crippen LogP contribution in [-0.4, -0.2) is 55.9 Å². The number of carbonyl (C=O) groups is 1. The van der Waals surface area contributed by atoms with Gasteiger partial charge in [0.15, 0.2) is 17.5 Å². The summed E-state index contributed by atoms with van der Waals surface area (Å²) in [7, 11) is 3.19. The number of carbonyl (C=O) groups excluding carboxylic acids is 1. The minimum absolute atomic E-state index is 0. The van der Waals surface area contributed by atoms with E-state index in [0.717, 1.165) is 18.4 Å². The van der Waals surface area contributed by atoms with Gasteiger partial charge in [-0.05, 0) is 51.3 Å². The second kappa shape index (κ2) is 11.3. The Balaban J connectivity index is 0.00000420.